The third-order valence-corrected chi connectivity index (χ3v) is 4.81. The summed E-state index contributed by atoms with van der Waals surface area (Å²) in [6.07, 6.45) is 3.19. The molecule has 2 aromatic heterocycles. The highest BCUT2D eigenvalue weighted by molar-refractivity contribution is 5.95. The van der Waals surface area contributed by atoms with Gasteiger partial charge in [0.25, 0.3) is 11.9 Å². The van der Waals surface area contributed by atoms with Crippen molar-refractivity contribution in [3.63, 3.8) is 0 Å². The van der Waals surface area contributed by atoms with Gasteiger partial charge in [0, 0.05) is 30.7 Å². The molecule has 8 heteroatoms. The van der Waals surface area contributed by atoms with E-state index < -0.39 is 0 Å². The highest BCUT2D eigenvalue weighted by Gasteiger charge is 2.30. The number of aromatic nitrogens is 4. The molecular formula is C19H26N6O2. The highest BCUT2D eigenvalue weighted by Crippen LogP contribution is 2.24. The van der Waals surface area contributed by atoms with Crippen LogP contribution in [-0.4, -0.2) is 49.6 Å². The lowest BCUT2D eigenvalue weighted by atomic mass is 9.96. The maximum absolute atomic E-state index is 13.2. The minimum Gasteiger partial charge on any atom is -0.369 e. The topological polar surface area (TPSA) is 107 Å². The smallest absolute Gasteiger partial charge is 0.257 e. The van der Waals surface area contributed by atoms with Crippen molar-refractivity contribution in [1.29, 1.82) is 0 Å². The Morgan fingerprint density at radius 1 is 1.22 bits per heavy atom. The average Bonchev–Trinajstić information content (AvgIpc) is 3.06. The van der Waals surface area contributed by atoms with Gasteiger partial charge in [0.1, 0.15) is 0 Å². The summed E-state index contributed by atoms with van der Waals surface area (Å²) in [5.74, 6) is -0.255. The van der Waals surface area contributed by atoms with Gasteiger partial charge >= 0.3 is 0 Å². The number of hydrogen-bond donors (Lipinski definition) is 1. The zero-order valence-corrected chi connectivity index (χ0v) is 16.3. The largest absolute Gasteiger partial charge is 0.369 e. The molecule has 1 aliphatic heterocycles. The number of carbonyl (C=O) groups is 2. The summed E-state index contributed by atoms with van der Waals surface area (Å²) in [7, 11) is 0. The van der Waals surface area contributed by atoms with Gasteiger partial charge in [0.2, 0.25) is 5.91 Å². The normalized spacial score (nSPS) is 17.4. The van der Waals surface area contributed by atoms with Crippen molar-refractivity contribution in [3.8, 4) is 5.95 Å². The van der Waals surface area contributed by atoms with Crippen molar-refractivity contribution in [2.45, 2.75) is 46.5 Å². The lowest BCUT2D eigenvalue weighted by molar-refractivity contribution is -0.123. The molecule has 1 atom stereocenters. The third-order valence-electron chi connectivity index (χ3n) is 4.81. The number of carbonyl (C=O) groups excluding carboxylic acids is 2. The van der Waals surface area contributed by atoms with E-state index in [0.717, 1.165) is 24.2 Å². The van der Waals surface area contributed by atoms with E-state index in [0.29, 0.717) is 30.3 Å². The molecule has 0 bridgehead atoms. The van der Waals surface area contributed by atoms with Gasteiger partial charge < -0.3 is 10.6 Å². The second-order valence-electron chi connectivity index (χ2n) is 7.47. The Hall–Kier alpha value is -2.77. The predicted molar refractivity (Wildman–Crippen MR) is 101 cm³/mol. The SMILES string of the molecule is Cc1cc(C)nc(-n2cc(C(=O)N3CCCC(C(N)=O)C3)c(C(C)C)n2)n1. The van der Waals surface area contributed by atoms with Crippen LogP contribution in [0.25, 0.3) is 5.95 Å². The summed E-state index contributed by atoms with van der Waals surface area (Å²) in [5.41, 5.74) is 8.35. The van der Waals surface area contributed by atoms with E-state index >= 15 is 0 Å². The zero-order chi connectivity index (χ0) is 19.7. The Kier molecular flexibility index (Phi) is 5.25. The summed E-state index contributed by atoms with van der Waals surface area (Å²) < 4.78 is 1.57. The van der Waals surface area contributed by atoms with Crippen molar-refractivity contribution in [2.24, 2.45) is 11.7 Å². The monoisotopic (exact) mass is 370 g/mol. The van der Waals surface area contributed by atoms with Gasteiger partial charge in [-0.3, -0.25) is 9.59 Å². The zero-order valence-electron chi connectivity index (χ0n) is 16.3. The number of amides is 2. The van der Waals surface area contributed by atoms with Gasteiger partial charge in [-0.25, -0.2) is 14.6 Å². The Balaban J connectivity index is 1.96. The first-order valence-corrected chi connectivity index (χ1v) is 9.27. The van der Waals surface area contributed by atoms with Gasteiger partial charge in [0.15, 0.2) is 0 Å². The second kappa shape index (κ2) is 7.46. The molecule has 3 heterocycles. The maximum Gasteiger partial charge on any atom is 0.257 e. The van der Waals surface area contributed by atoms with Crippen molar-refractivity contribution in [1.82, 2.24) is 24.6 Å². The summed E-state index contributed by atoms with van der Waals surface area (Å²) in [4.78, 5) is 35.2. The number of nitrogens with zero attached hydrogens (tertiary/aromatic N) is 5. The molecule has 1 aliphatic rings. The van der Waals surface area contributed by atoms with E-state index in [1.165, 1.54) is 0 Å². The van der Waals surface area contributed by atoms with E-state index in [9.17, 15) is 9.59 Å². The van der Waals surface area contributed by atoms with Crippen LogP contribution in [0.5, 0.6) is 0 Å². The molecule has 0 radical (unpaired) electrons. The predicted octanol–water partition coefficient (Wildman–Crippen LogP) is 1.74. The molecule has 1 unspecified atom stereocenters. The number of aryl methyl sites for hydroxylation is 2. The van der Waals surface area contributed by atoms with Crippen LogP contribution >= 0.6 is 0 Å². The molecule has 0 aromatic carbocycles. The van der Waals surface area contributed by atoms with Crippen LogP contribution in [0.2, 0.25) is 0 Å². The molecule has 8 nitrogen and oxygen atoms in total. The average molecular weight is 370 g/mol. The van der Waals surface area contributed by atoms with Crippen LogP contribution in [0.1, 0.15) is 60.0 Å². The Morgan fingerprint density at radius 3 is 2.48 bits per heavy atom. The molecule has 2 aromatic rings. The minimum atomic E-state index is -0.351. The van der Waals surface area contributed by atoms with Gasteiger partial charge in [-0.1, -0.05) is 13.8 Å². The fraction of sp³-hybridized carbons (Fsp3) is 0.526. The molecule has 0 aliphatic carbocycles. The molecule has 27 heavy (non-hydrogen) atoms. The van der Waals surface area contributed by atoms with Crippen molar-refractivity contribution < 1.29 is 9.59 Å². The molecule has 1 saturated heterocycles. The maximum atomic E-state index is 13.2. The quantitative estimate of drug-likeness (QED) is 0.882. The molecule has 144 valence electrons. The van der Waals surface area contributed by atoms with Gasteiger partial charge in [-0.2, -0.15) is 5.10 Å². The molecular weight excluding hydrogens is 344 g/mol. The Bertz CT molecular complexity index is 853. The minimum absolute atomic E-state index is 0.0628. The van der Waals surface area contributed by atoms with Crippen LogP contribution in [0.3, 0.4) is 0 Å². The second-order valence-corrected chi connectivity index (χ2v) is 7.47. The summed E-state index contributed by atoms with van der Waals surface area (Å²) in [6, 6.07) is 1.89. The van der Waals surface area contributed by atoms with Crippen molar-refractivity contribution >= 4 is 11.8 Å². The Morgan fingerprint density at radius 2 is 1.89 bits per heavy atom. The van der Waals surface area contributed by atoms with Crippen molar-refractivity contribution in [2.75, 3.05) is 13.1 Å². The van der Waals surface area contributed by atoms with Gasteiger partial charge in [0.05, 0.1) is 17.2 Å². The van der Waals surface area contributed by atoms with E-state index in [4.69, 9.17) is 5.73 Å². The first-order chi connectivity index (χ1) is 12.8. The molecule has 1 fully saturated rings. The van der Waals surface area contributed by atoms with E-state index in [1.54, 1.807) is 15.8 Å². The van der Waals surface area contributed by atoms with Crippen LogP contribution in [0.4, 0.5) is 0 Å². The molecule has 0 saturated carbocycles. The molecule has 2 N–H and O–H groups in total. The fourth-order valence-corrected chi connectivity index (χ4v) is 3.45. The van der Waals surface area contributed by atoms with E-state index in [1.807, 2.05) is 33.8 Å². The first-order valence-electron chi connectivity index (χ1n) is 9.27. The van der Waals surface area contributed by atoms with E-state index in [2.05, 4.69) is 15.1 Å². The number of piperidine rings is 1. The van der Waals surface area contributed by atoms with Gasteiger partial charge in [-0.15, -0.1) is 0 Å². The number of rotatable bonds is 4. The molecule has 2 amide bonds. The van der Waals surface area contributed by atoms with Crippen LogP contribution in [0, 0.1) is 19.8 Å². The lowest BCUT2D eigenvalue weighted by Crippen LogP contribution is -2.44. The first kappa shape index (κ1) is 19.0. The summed E-state index contributed by atoms with van der Waals surface area (Å²) >= 11 is 0. The highest BCUT2D eigenvalue weighted by atomic mass is 16.2. The van der Waals surface area contributed by atoms with Crippen LogP contribution < -0.4 is 5.73 Å². The van der Waals surface area contributed by atoms with Crippen LogP contribution in [-0.2, 0) is 4.79 Å². The summed E-state index contributed by atoms with van der Waals surface area (Å²) in [5, 5.41) is 4.58. The number of primary amides is 1. The number of nitrogens with two attached hydrogens (primary N) is 1. The lowest BCUT2D eigenvalue weighted by Gasteiger charge is -2.31. The van der Waals surface area contributed by atoms with E-state index in [-0.39, 0.29) is 23.7 Å². The van der Waals surface area contributed by atoms with Gasteiger partial charge in [-0.05, 0) is 38.7 Å². The number of hydrogen-bond acceptors (Lipinski definition) is 5. The summed E-state index contributed by atoms with van der Waals surface area (Å²) in [6.45, 7) is 8.76. The Labute approximate surface area is 158 Å². The third kappa shape index (κ3) is 3.99. The van der Waals surface area contributed by atoms with Crippen molar-refractivity contribution in [3.05, 3.63) is 34.9 Å². The molecule has 0 spiro atoms. The number of likely N-dealkylation sites (tertiary alicyclic amines) is 1. The standard InChI is InChI=1S/C19H26N6O2/c1-11(2)16-15(18(27)24-7-5-6-14(9-24)17(20)26)10-25(23-16)19-21-12(3)8-13(4)22-19/h8,10-11,14H,5-7,9H2,1-4H3,(H2,20,26). The molecule has 3 rings (SSSR count). The fourth-order valence-electron chi connectivity index (χ4n) is 3.45. The van der Waals surface area contributed by atoms with Crippen LogP contribution in [0.15, 0.2) is 12.3 Å².